The minimum atomic E-state index is -4.43. The van der Waals surface area contributed by atoms with Crippen molar-refractivity contribution in [3.8, 4) is 0 Å². The van der Waals surface area contributed by atoms with Gasteiger partial charge in [-0.3, -0.25) is 4.79 Å². The van der Waals surface area contributed by atoms with Gasteiger partial charge in [0.2, 0.25) is 5.91 Å². The van der Waals surface area contributed by atoms with E-state index in [1.807, 2.05) is 6.92 Å². The van der Waals surface area contributed by atoms with E-state index >= 15 is 0 Å². The van der Waals surface area contributed by atoms with Crippen LogP contribution in [0.2, 0.25) is 0 Å². The Kier molecular flexibility index (Phi) is 9.05. The predicted octanol–water partition coefficient (Wildman–Crippen LogP) is 2.87. The van der Waals surface area contributed by atoms with Crippen molar-refractivity contribution in [1.29, 1.82) is 0 Å². The number of likely N-dealkylation sites (N-methyl/N-ethyl adjacent to an activating group) is 1. The molecule has 7 heteroatoms. The Balaban J connectivity index is 0.00000400. The van der Waals surface area contributed by atoms with E-state index < -0.39 is 24.4 Å². The summed E-state index contributed by atoms with van der Waals surface area (Å²) in [5.41, 5.74) is 0.113. The lowest BCUT2D eigenvalue weighted by Gasteiger charge is -2.20. The quantitative estimate of drug-likeness (QED) is 0.757. The number of carbonyl (C=O) groups excluding carboxylic acids is 1. The normalized spacial score (nSPS) is 12.4. The molecule has 1 amide bonds. The van der Waals surface area contributed by atoms with Gasteiger partial charge >= 0.3 is 6.18 Å². The largest absolute Gasteiger partial charge is 0.396 e. The van der Waals surface area contributed by atoms with Gasteiger partial charge in [-0.25, -0.2) is 0 Å². The van der Waals surface area contributed by atoms with E-state index in [1.165, 1.54) is 24.3 Å². The van der Waals surface area contributed by atoms with E-state index in [0.29, 0.717) is 13.1 Å². The lowest BCUT2D eigenvalue weighted by atomic mass is 9.95. The molecule has 0 aliphatic heterocycles. The summed E-state index contributed by atoms with van der Waals surface area (Å²) in [6.07, 6.45) is -5.01. The monoisotopic (exact) mass is 324 g/mol. The molecule has 0 fully saturated rings. The second-order valence-corrected chi connectivity index (χ2v) is 4.41. The summed E-state index contributed by atoms with van der Waals surface area (Å²) in [7, 11) is 0. The number of rotatable bonds is 7. The zero-order chi connectivity index (χ0) is 15.0. The molecular formula is C14H20ClF3N2O. The number of amides is 1. The van der Waals surface area contributed by atoms with Gasteiger partial charge in [0.1, 0.15) is 0 Å². The highest BCUT2D eigenvalue weighted by Crippen LogP contribution is 2.37. The average Bonchev–Trinajstić information content (AvgIpc) is 2.41. The number of carbonyl (C=O) groups is 1. The molecule has 120 valence electrons. The highest BCUT2D eigenvalue weighted by molar-refractivity contribution is 5.85. The fraction of sp³-hybridized carbons (Fsp3) is 0.500. The van der Waals surface area contributed by atoms with Crippen molar-refractivity contribution < 1.29 is 18.0 Å². The molecule has 0 radical (unpaired) electrons. The molecule has 0 aromatic heterocycles. The molecule has 0 aliphatic rings. The standard InChI is InChI=1S/C14H19F3N2O.ClH/c1-2-18-8-9-19-13(20)10-12(14(15,16)17)11-6-4-3-5-7-11;/h3-7,12,18H,2,8-10H2,1H3,(H,19,20);1H. The summed E-state index contributed by atoms with van der Waals surface area (Å²) in [4.78, 5) is 11.6. The van der Waals surface area contributed by atoms with Crippen molar-refractivity contribution in [1.82, 2.24) is 10.6 Å². The highest BCUT2D eigenvalue weighted by atomic mass is 35.5. The Labute approximate surface area is 128 Å². The maximum absolute atomic E-state index is 13.0. The van der Waals surface area contributed by atoms with Crippen LogP contribution in [0.25, 0.3) is 0 Å². The third-order valence-electron chi connectivity index (χ3n) is 2.86. The summed E-state index contributed by atoms with van der Waals surface area (Å²) in [5.74, 6) is -2.35. The van der Waals surface area contributed by atoms with Gasteiger partial charge in [-0.15, -0.1) is 12.4 Å². The number of hydrogen-bond acceptors (Lipinski definition) is 2. The Hall–Kier alpha value is -1.27. The van der Waals surface area contributed by atoms with Gasteiger partial charge in [0.15, 0.2) is 0 Å². The van der Waals surface area contributed by atoms with Crippen LogP contribution >= 0.6 is 12.4 Å². The number of halogens is 4. The first-order valence-electron chi connectivity index (χ1n) is 6.54. The van der Waals surface area contributed by atoms with Crippen LogP contribution in [0.3, 0.4) is 0 Å². The molecular weight excluding hydrogens is 305 g/mol. The second kappa shape index (κ2) is 9.63. The average molecular weight is 325 g/mol. The molecule has 0 saturated heterocycles. The van der Waals surface area contributed by atoms with Gasteiger partial charge in [0, 0.05) is 19.5 Å². The van der Waals surface area contributed by atoms with Crippen molar-refractivity contribution in [3.05, 3.63) is 35.9 Å². The van der Waals surface area contributed by atoms with Crippen LogP contribution in [-0.4, -0.2) is 31.7 Å². The van der Waals surface area contributed by atoms with Gasteiger partial charge < -0.3 is 10.6 Å². The zero-order valence-corrected chi connectivity index (χ0v) is 12.6. The van der Waals surface area contributed by atoms with Crippen LogP contribution in [-0.2, 0) is 4.79 Å². The van der Waals surface area contributed by atoms with Crippen molar-refractivity contribution in [3.63, 3.8) is 0 Å². The molecule has 21 heavy (non-hydrogen) atoms. The SMILES string of the molecule is CCNCCNC(=O)CC(c1ccccc1)C(F)(F)F.Cl. The Morgan fingerprint density at radius 2 is 1.81 bits per heavy atom. The van der Waals surface area contributed by atoms with Crippen LogP contribution in [0, 0.1) is 0 Å². The second-order valence-electron chi connectivity index (χ2n) is 4.41. The first kappa shape index (κ1) is 19.7. The van der Waals surface area contributed by atoms with Crippen LogP contribution in [0.15, 0.2) is 30.3 Å². The van der Waals surface area contributed by atoms with Crippen LogP contribution in [0.1, 0.15) is 24.8 Å². The third kappa shape index (κ3) is 7.34. The van der Waals surface area contributed by atoms with Gasteiger partial charge in [-0.1, -0.05) is 37.3 Å². The predicted molar refractivity (Wildman–Crippen MR) is 78.7 cm³/mol. The molecule has 1 rings (SSSR count). The number of benzene rings is 1. The van der Waals surface area contributed by atoms with Crippen molar-refractivity contribution >= 4 is 18.3 Å². The summed E-state index contributed by atoms with van der Waals surface area (Å²) < 4.78 is 39.1. The Morgan fingerprint density at radius 3 is 2.33 bits per heavy atom. The molecule has 0 bridgehead atoms. The van der Waals surface area contributed by atoms with Gasteiger partial charge in [-0.2, -0.15) is 13.2 Å². The molecule has 0 spiro atoms. The minimum Gasteiger partial charge on any atom is -0.355 e. The molecule has 3 nitrogen and oxygen atoms in total. The number of nitrogens with one attached hydrogen (secondary N) is 2. The number of alkyl halides is 3. The fourth-order valence-electron chi connectivity index (χ4n) is 1.83. The lowest BCUT2D eigenvalue weighted by molar-refractivity contribution is -0.157. The van der Waals surface area contributed by atoms with Crippen molar-refractivity contribution in [2.45, 2.75) is 25.4 Å². The molecule has 2 N–H and O–H groups in total. The maximum Gasteiger partial charge on any atom is 0.396 e. The molecule has 1 atom stereocenters. The molecule has 0 saturated carbocycles. The Bertz CT molecular complexity index is 412. The van der Waals surface area contributed by atoms with E-state index in [-0.39, 0.29) is 18.0 Å². The smallest absolute Gasteiger partial charge is 0.355 e. The van der Waals surface area contributed by atoms with Crippen molar-refractivity contribution in [2.75, 3.05) is 19.6 Å². The molecule has 1 aromatic rings. The van der Waals surface area contributed by atoms with E-state index in [0.717, 1.165) is 6.54 Å². The molecule has 0 heterocycles. The van der Waals surface area contributed by atoms with Crippen molar-refractivity contribution in [2.24, 2.45) is 0 Å². The molecule has 1 unspecified atom stereocenters. The zero-order valence-electron chi connectivity index (χ0n) is 11.7. The lowest BCUT2D eigenvalue weighted by Crippen LogP contribution is -2.34. The van der Waals surface area contributed by atoms with Crippen LogP contribution in [0.4, 0.5) is 13.2 Å². The van der Waals surface area contributed by atoms with E-state index in [4.69, 9.17) is 0 Å². The first-order valence-corrected chi connectivity index (χ1v) is 6.54. The summed E-state index contributed by atoms with van der Waals surface area (Å²) in [6, 6.07) is 7.51. The van der Waals surface area contributed by atoms with E-state index in [2.05, 4.69) is 10.6 Å². The minimum absolute atomic E-state index is 0. The molecule has 0 aliphatic carbocycles. The van der Waals surface area contributed by atoms with E-state index in [1.54, 1.807) is 6.07 Å². The highest BCUT2D eigenvalue weighted by Gasteiger charge is 2.41. The number of hydrogen-bond donors (Lipinski definition) is 2. The van der Waals surface area contributed by atoms with Gasteiger partial charge in [-0.05, 0) is 12.1 Å². The van der Waals surface area contributed by atoms with Crippen LogP contribution < -0.4 is 10.6 Å². The van der Waals surface area contributed by atoms with Crippen LogP contribution in [0.5, 0.6) is 0 Å². The summed E-state index contributed by atoms with van der Waals surface area (Å²) in [6.45, 7) is 3.54. The summed E-state index contributed by atoms with van der Waals surface area (Å²) >= 11 is 0. The molecule has 1 aromatic carbocycles. The maximum atomic E-state index is 13.0. The Morgan fingerprint density at radius 1 is 1.19 bits per heavy atom. The summed E-state index contributed by atoms with van der Waals surface area (Å²) in [5, 5.41) is 5.47. The topological polar surface area (TPSA) is 41.1 Å². The van der Waals surface area contributed by atoms with Gasteiger partial charge in [0.25, 0.3) is 0 Å². The van der Waals surface area contributed by atoms with Gasteiger partial charge in [0.05, 0.1) is 5.92 Å². The first-order chi connectivity index (χ1) is 9.45. The third-order valence-corrected chi connectivity index (χ3v) is 2.86. The fourth-order valence-corrected chi connectivity index (χ4v) is 1.83. The van der Waals surface area contributed by atoms with E-state index in [9.17, 15) is 18.0 Å².